The van der Waals surface area contributed by atoms with Crippen molar-refractivity contribution in [1.82, 2.24) is 15.2 Å². The molecule has 0 bridgehead atoms. The molecule has 0 atom stereocenters. The van der Waals surface area contributed by atoms with Crippen molar-refractivity contribution < 1.29 is 13.6 Å². The lowest BCUT2D eigenvalue weighted by atomic mass is 10.1. The molecule has 2 aromatic heterocycles. The van der Waals surface area contributed by atoms with Gasteiger partial charge in [-0.25, -0.2) is 8.78 Å². The third-order valence-corrected chi connectivity index (χ3v) is 3.45. The lowest BCUT2D eigenvalue weighted by molar-refractivity contribution is -0.116. The van der Waals surface area contributed by atoms with Gasteiger partial charge in [0.1, 0.15) is 0 Å². The van der Waals surface area contributed by atoms with E-state index in [1.165, 1.54) is 18.2 Å². The number of aromatic nitrogens is 3. The third-order valence-electron chi connectivity index (χ3n) is 3.45. The second-order valence-electron chi connectivity index (χ2n) is 5.18. The van der Waals surface area contributed by atoms with Gasteiger partial charge >= 0.3 is 0 Å². The molecule has 0 aliphatic carbocycles. The Kier molecular flexibility index (Phi) is 4.60. The van der Waals surface area contributed by atoms with E-state index in [1.807, 2.05) is 6.07 Å². The van der Waals surface area contributed by atoms with Crippen molar-refractivity contribution in [3.63, 3.8) is 0 Å². The second-order valence-corrected chi connectivity index (χ2v) is 5.18. The van der Waals surface area contributed by atoms with Crippen LogP contribution in [0.3, 0.4) is 0 Å². The fourth-order valence-electron chi connectivity index (χ4n) is 2.24. The van der Waals surface area contributed by atoms with Crippen molar-refractivity contribution >= 4 is 11.7 Å². The van der Waals surface area contributed by atoms with Crippen LogP contribution in [-0.4, -0.2) is 21.1 Å². The van der Waals surface area contributed by atoms with Gasteiger partial charge in [-0.15, -0.1) is 0 Å². The maximum absolute atomic E-state index is 13.8. The van der Waals surface area contributed by atoms with E-state index >= 15 is 0 Å². The average molecular weight is 328 g/mol. The molecule has 24 heavy (non-hydrogen) atoms. The van der Waals surface area contributed by atoms with Crippen LogP contribution in [0.25, 0.3) is 11.3 Å². The summed E-state index contributed by atoms with van der Waals surface area (Å²) in [5, 5.41) is 9.11. The van der Waals surface area contributed by atoms with E-state index in [2.05, 4.69) is 20.5 Å². The molecular formula is C17H14F2N4O. The van der Waals surface area contributed by atoms with Crippen LogP contribution >= 0.6 is 0 Å². The molecule has 0 spiro atoms. The minimum atomic E-state index is -0.962. The molecule has 122 valence electrons. The van der Waals surface area contributed by atoms with E-state index in [-0.39, 0.29) is 29.4 Å². The predicted octanol–water partition coefficient (Wildman–Crippen LogP) is 3.32. The van der Waals surface area contributed by atoms with Gasteiger partial charge in [0, 0.05) is 30.4 Å². The van der Waals surface area contributed by atoms with E-state index in [0.717, 1.165) is 11.6 Å². The number of nitrogens with zero attached hydrogens (tertiary/aromatic N) is 2. The highest BCUT2D eigenvalue weighted by Crippen LogP contribution is 2.24. The highest BCUT2D eigenvalue weighted by molar-refractivity contribution is 5.90. The maximum atomic E-state index is 13.8. The molecule has 5 nitrogen and oxygen atoms in total. The zero-order chi connectivity index (χ0) is 16.9. The molecule has 2 heterocycles. The van der Waals surface area contributed by atoms with Crippen LogP contribution in [0.4, 0.5) is 14.6 Å². The van der Waals surface area contributed by atoms with Gasteiger partial charge in [-0.1, -0.05) is 12.1 Å². The monoisotopic (exact) mass is 328 g/mol. The van der Waals surface area contributed by atoms with E-state index in [4.69, 9.17) is 0 Å². The van der Waals surface area contributed by atoms with Gasteiger partial charge in [0.05, 0.1) is 5.69 Å². The number of carbonyl (C=O) groups is 1. The quantitative estimate of drug-likeness (QED) is 0.755. The van der Waals surface area contributed by atoms with Gasteiger partial charge in [0.15, 0.2) is 17.5 Å². The molecule has 0 unspecified atom stereocenters. The molecule has 0 aliphatic rings. The highest BCUT2D eigenvalue weighted by atomic mass is 19.2. The fourth-order valence-corrected chi connectivity index (χ4v) is 2.24. The van der Waals surface area contributed by atoms with Gasteiger partial charge in [-0.3, -0.25) is 14.9 Å². The van der Waals surface area contributed by atoms with Crippen LogP contribution in [0, 0.1) is 11.6 Å². The second kappa shape index (κ2) is 6.99. The summed E-state index contributed by atoms with van der Waals surface area (Å²) in [5.41, 5.74) is 1.30. The number of nitrogens with one attached hydrogen (secondary N) is 2. The zero-order valence-corrected chi connectivity index (χ0v) is 12.6. The number of H-pyrrole nitrogens is 1. The minimum absolute atomic E-state index is 0.0540. The summed E-state index contributed by atoms with van der Waals surface area (Å²) in [6.07, 6.45) is 4.19. The lowest BCUT2D eigenvalue weighted by Crippen LogP contribution is -2.12. The number of rotatable bonds is 5. The van der Waals surface area contributed by atoms with Crippen LogP contribution in [0.2, 0.25) is 0 Å². The molecule has 0 radical (unpaired) electrons. The molecule has 0 fully saturated rings. The number of benzene rings is 1. The summed E-state index contributed by atoms with van der Waals surface area (Å²) in [7, 11) is 0. The largest absolute Gasteiger partial charge is 0.309 e. The van der Waals surface area contributed by atoms with Crippen LogP contribution in [0.15, 0.2) is 48.8 Å². The molecule has 0 aliphatic heterocycles. The smallest absolute Gasteiger partial charge is 0.225 e. The fraction of sp³-hybridized carbons (Fsp3) is 0.118. The number of aryl methyl sites for hydroxylation is 1. The number of aromatic amines is 1. The van der Waals surface area contributed by atoms with Crippen molar-refractivity contribution in [2.45, 2.75) is 12.8 Å². The van der Waals surface area contributed by atoms with E-state index in [9.17, 15) is 13.6 Å². The van der Waals surface area contributed by atoms with E-state index < -0.39 is 11.6 Å². The van der Waals surface area contributed by atoms with Crippen molar-refractivity contribution in [3.05, 3.63) is 66.0 Å². The van der Waals surface area contributed by atoms with Gasteiger partial charge in [0.25, 0.3) is 0 Å². The summed E-state index contributed by atoms with van der Waals surface area (Å²) >= 11 is 0. The summed E-state index contributed by atoms with van der Waals surface area (Å²) in [4.78, 5) is 15.9. The summed E-state index contributed by atoms with van der Waals surface area (Å²) in [6.45, 7) is 0. The Morgan fingerprint density at radius 3 is 2.88 bits per heavy atom. The van der Waals surface area contributed by atoms with Crippen LogP contribution in [0.1, 0.15) is 12.0 Å². The summed E-state index contributed by atoms with van der Waals surface area (Å²) < 4.78 is 27.0. The molecule has 0 saturated carbocycles. The molecule has 7 heteroatoms. The van der Waals surface area contributed by atoms with Gasteiger partial charge < -0.3 is 5.32 Å². The first-order valence-corrected chi connectivity index (χ1v) is 7.32. The maximum Gasteiger partial charge on any atom is 0.225 e. The first-order valence-electron chi connectivity index (χ1n) is 7.32. The number of amides is 1. The Labute approximate surface area is 136 Å². The van der Waals surface area contributed by atoms with Crippen molar-refractivity contribution in [3.8, 4) is 11.3 Å². The number of carbonyl (C=O) groups excluding carboxylic acids is 1. The third kappa shape index (κ3) is 3.62. The first-order chi connectivity index (χ1) is 11.6. The van der Waals surface area contributed by atoms with Crippen LogP contribution in [-0.2, 0) is 11.2 Å². The van der Waals surface area contributed by atoms with E-state index in [1.54, 1.807) is 18.5 Å². The van der Waals surface area contributed by atoms with Crippen LogP contribution < -0.4 is 5.32 Å². The standard InChI is InChI=1S/C17H14F2N4O/c18-13-5-1-4-12(17(13)19)14-9-15(23-22-14)21-16(24)7-6-11-3-2-8-20-10-11/h1-5,8-10H,6-7H2,(H2,21,22,23,24). The highest BCUT2D eigenvalue weighted by Gasteiger charge is 2.13. The van der Waals surface area contributed by atoms with Crippen molar-refractivity contribution in [2.24, 2.45) is 0 Å². The Balaban J connectivity index is 1.63. The van der Waals surface area contributed by atoms with Crippen molar-refractivity contribution in [1.29, 1.82) is 0 Å². The molecule has 2 N–H and O–H groups in total. The Morgan fingerprint density at radius 2 is 2.08 bits per heavy atom. The molecular weight excluding hydrogens is 314 g/mol. The van der Waals surface area contributed by atoms with Crippen LogP contribution in [0.5, 0.6) is 0 Å². The number of halogens is 2. The number of hydrogen-bond acceptors (Lipinski definition) is 3. The Bertz CT molecular complexity index is 849. The van der Waals surface area contributed by atoms with Gasteiger partial charge in [-0.05, 0) is 30.2 Å². The minimum Gasteiger partial charge on any atom is -0.309 e. The molecule has 1 aromatic carbocycles. The Hall–Kier alpha value is -3.09. The molecule has 1 amide bonds. The molecule has 3 aromatic rings. The van der Waals surface area contributed by atoms with Crippen molar-refractivity contribution in [2.75, 3.05) is 5.32 Å². The first kappa shape index (κ1) is 15.8. The molecule has 0 saturated heterocycles. The normalized spacial score (nSPS) is 10.6. The number of pyridine rings is 1. The topological polar surface area (TPSA) is 70.7 Å². The zero-order valence-electron chi connectivity index (χ0n) is 12.6. The Morgan fingerprint density at radius 1 is 1.21 bits per heavy atom. The summed E-state index contributed by atoms with van der Waals surface area (Å²) in [5.74, 6) is -1.87. The van der Waals surface area contributed by atoms with Gasteiger partial charge in [-0.2, -0.15) is 5.10 Å². The lowest BCUT2D eigenvalue weighted by Gasteiger charge is -2.02. The van der Waals surface area contributed by atoms with Gasteiger partial charge in [0.2, 0.25) is 5.91 Å². The average Bonchev–Trinajstić information content (AvgIpc) is 3.04. The summed E-state index contributed by atoms with van der Waals surface area (Å²) in [6, 6.07) is 9.03. The number of hydrogen-bond donors (Lipinski definition) is 2. The van der Waals surface area contributed by atoms with E-state index in [0.29, 0.717) is 6.42 Å². The predicted molar refractivity (Wildman–Crippen MR) is 85.1 cm³/mol. The molecule has 3 rings (SSSR count). The number of anilines is 1. The SMILES string of the molecule is O=C(CCc1cccnc1)Nc1cc(-c2cccc(F)c2F)[nH]n1.